The Morgan fingerprint density at radius 3 is 2.20 bits per heavy atom. The molecule has 2 rings (SSSR count). The molecular weight excluding hydrogens is 489 g/mol. The van der Waals surface area contributed by atoms with Crippen molar-refractivity contribution in [1.82, 2.24) is 0 Å². The molecule has 0 saturated heterocycles. The minimum atomic E-state index is -4.48. The lowest BCUT2D eigenvalue weighted by atomic mass is 10.1. The Morgan fingerprint density at radius 1 is 1.05 bits per heavy atom. The highest BCUT2D eigenvalue weighted by Gasteiger charge is 2.32. The molecule has 1 nitrogen and oxygen atoms in total. The molecule has 0 bridgehead atoms. The highest BCUT2D eigenvalue weighted by molar-refractivity contribution is 9.13. The number of rotatable bonds is 2. The second-order valence-corrected chi connectivity index (χ2v) is 7.83. The van der Waals surface area contributed by atoms with Crippen LogP contribution < -0.4 is 0 Å². The summed E-state index contributed by atoms with van der Waals surface area (Å²) in [6.45, 7) is 0. The largest absolute Gasteiger partial charge is 0.416 e. The van der Waals surface area contributed by atoms with E-state index in [1.807, 2.05) is 0 Å². The van der Waals surface area contributed by atoms with Crippen molar-refractivity contribution in [3.05, 3.63) is 53.0 Å². The highest BCUT2D eigenvalue weighted by Crippen LogP contribution is 2.36. The van der Waals surface area contributed by atoms with Gasteiger partial charge in [-0.15, -0.1) is 11.3 Å². The standard InChI is InChI=1S/C12H4Br3F3OS/c13-7-2-1-5(12(16,17)18)3-6(7)10(19)9-4-8(14)11(15)20-9/h1-4H. The highest BCUT2D eigenvalue weighted by atomic mass is 79.9. The summed E-state index contributed by atoms with van der Waals surface area (Å²) in [5.74, 6) is -0.459. The lowest BCUT2D eigenvalue weighted by Crippen LogP contribution is -2.08. The van der Waals surface area contributed by atoms with Gasteiger partial charge in [-0.1, -0.05) is 15.9 Å². The van der Waals surface area contributed by atoms with Crippen LogP contribution >= 0.6 is 59.1 Å². The Labute approximate surface area is 141 Å². The van der Waals surface area contributed by atoms with Crippen LogP contribution in [0.25, 0.3) is 0 Å². The minimum absolute atomic E-state index is 0.0129. The first-order chi connectivity index (χ1) is 9.20. The number of carbonyl (C=O) groups excluding carboxylic acids is 1. The molecule has 1 heterocycles. The van der Waals surface area contributed by atoms with E-state index in [2.05, 4.69) is 47.8 Å². The maximum absolute atomic E-state index is 12.7. The number of ketones is 1. The molecule has 0 amide bonds. The second kappa shape index (κ2) is 5.90. The van der Waals surface area contributed by atoms with Gasteiger partial charge in [0.2, 0.25) is 5.78 Å². The third-order valence-electron chi connectivity index (χ3n) is 2.41. The molecule has 0 aliphatic heterocycles. The summed E-state index contributed by atoms with van der Waals surface area (Å²) in [5, 5.41) is 0. The van der Waals surface area contributed by atoms with Crippen LogP contribution in [0, 0.1) is 0 Å². The van der Waals surface area contributed by atoms with Crippen LogP contribution in [-0.2, 0) is 6.18 Å². The molecule has 0 atom stereocenters. The fourth-order valence-corrected chi connectivity index (χ4v) is 3.88. The predicted molar refractivity (Wildman–Crippen MR) is 82.3 cm³/mol. The zero-order valence-electron chi connectivity index (χ0n) is 9.39. The zero-order valence-corrected chi connectivity index (χ0v) is 15.0. The van der Waals surface area contributed by atoms with Crippen LogP contribution in [0.2, 0.25) is 0 Å². The first-order valence-electron chi connectivity index (χ1n) is 5.06. The summed E-state index contributed by atoms with van der Waals surface area (Å²) >= 11 is 10.8. The van der Waals surface area contributed by atoms with Crippen molar-refractivity contribution in [3.8, 4) is 0 Å². The fourth-order valence-electron chi connectivity index (χ4n) is 1.47. The molecular formula is C12H4Br3F3OS. The van der Waals surface area contributed by atoms with E-state index in [4.69, 9.17) is 0 Å². The van der Waals surface area contributed by atoms with Gasteiger partial charge in [0.05, 0.1) is 14.2 Å². The predicted octanol–water partition coefficient (Wildman–Crippen LogP) is 6.29. The molecule has 20 heavy (non-hydrogen) atoms. The van der Waals surface area contributed by atoms with Crippen LogP contribution in [0.15, 0.2) is 37.0 Å². The van der Waals surface area contributed by atoms with Gasteiger partial charge in [-0.3, -0.25) is 4.79 Å². The average molecular weight is 493 g/mol. The summed E-state index contributed by atoms with van der Waals surface area (Å²) < 4.78 is 39.8. The summed E-state index contributed by atoms with van der Waals surface area (Å²) in [6, 6.07) is 4.59. The molecule has 1 aromatic heterocycles. The van der Waals surface area contributed by atoms with Crippen molar-refractivity contribution in [3.63, 3.8) is 0 Å². The van der Waals surface area contributed by atoms with Crippen molar-refractivity contribution in [2.75, 3.05) is 0 Å². The van der Waals surface area contributed by atoms with Crippen molar-refractivity contribution in [1.29, 1.82) is 0 Å². The van der Waals surface area contributed by atoms with Gasteiger partial charge in [0.15, 0.2) is 0 Å². The molecule has 8 heteroatoms. The van der Waals surface area contributed by atoms with E-state index >= 15 is 0 Å². The molecule has 106 valence electrons. The third-order valence-corrected chi connectivity index (χ3v) is 6.35. The molecule has 0 unspecified atom stereocenters. The first kappa shape index (κ1) is 16.2. The van der Waals surface area contributed by atoms with Gasteiger partial charge in [0.1, 0.15) is 0 Å². The topological polar surface area (TPSA) is 17.1 Å². The Balaban J connectivity index is 2.49. The number of hydrogen-bond donors (Lipinski definition) is 0. The number of thiophene rings is 1. The second-order valence-electron chi connectivity index (χ2n) is 3.75. The Morgan fingerprint density at radius 2 is 1.70 bits per heavy atom. The summed E-state index contributed by atoms with van der Waals surface area (Å²) in [5.41, 5.74) is -0.861. The van der Waals surface area contributed by atoms with Crippen molar-refractivity contribution in [2.24, 2.45) is 0 Å². The number of alkyl halides is 3. The first-order valence-corrected chi connectivity index (χ1v) is 8.26. The van der Waals surface area contributed by atoms with Gasteiger partial charge in [0, 0.05) is 14.5 Å². The van der Waals surface area contributed by atoms with Crippen LogP contribution in [0.4, 0.5) is 13.2 Å². The van der Waals surface area contributed by atoms with E-state index in [9.17, 15) is 18.0 Å². The SMILES string of the molecule is O=C(c1cc(Br)c(Br)s1)c1cc(C(F)(F)F)ccc1Br. The third kappa shape index (κ3) is 3.35. The van der Waals surface area contributed by atoms with Crippen LogP contribution in [0.3, 0.4) is 0 Å². The van der Waals surface area contributed by atoms with E-state index in [1.165, 1.54) is 6.07 Å². The van der Waals surface area contributed by atoms with E-state index in [0.29, 0.717) is 17.6 Å². The van der Waals surface area contributed by atoms with E-state index < -0.39 is 17.5 Å². The van der Waals surface area contributed by atoms with Gasteiger partial charge in [-0.05, 0) is 56.1 Å². The molecule has 0 fully saturated rings. The van der Waals surface area contributed by atoms with Crippen molar-refractivity contribution in [2.45, 2.75) is 6.18 Å². The molecule has 0 aliphatic carbocycles. The number of halogens is 6. The van der Waals surface area contributed by atoms with Gasteiger partial charge in [-0.2, -0.15) is 13.2 Å². The van der Waals surface area contributed by atoms with Crippen LogP contribution in [-0.4, -0.2) is 5.78 Å². The van der Waals surface area contributed by atoms with Crippen molar-refractivity contribution < 1.29 is 18.0 Å². The molecule has 0 N–H and O–H groups in total. The van der Waals surface area contributed by atoms with E-state index in [1.54, 1.807) is 6.07 Å². The van der Waals surface area contributed by atoms with Gasteiger partial charge < -0.3 is 0 Å². The Kier molecular flexibility index (Phi) is 4.78. The zero-order chi connectivity index (χ0) is 15.1. The van der Waals surface area contributed by atoms with Gasteiger partial charge in [0.25, 0.3) is 0 Å². The lowest BCUT2D eigenvalue weighted by Gasteiger charge is -2.09. The summed E-state index contributed by atoms with van der Waals surface area (Å²) in [7, 11) is 0. The molecule has 0 aliphatic rings. The molecule has 1 aromatic carbocycles. The minimum Gasteiger partial charge on any atom is -0.288 e. The maximum Gasteiger partial charge on any atom is 0.416 e. The van der Waals surface area contributed by atoms with Crippen LogP contribution in [0.1, 0.15) is 20.8 Å². The van der Waals surface area contributed by atoms with E-state index in [-0.39, 0.29) is 5.56 Å². The van der Waals surface area contributed by atoms with Crippen molar-refractivity contribution >= 4 is 64.9 Å². The normalized spacial score (nSPS) is 11.7. The van der Waals surface area contributed by atoms with Gasteiger partial charge in [-0.25, -0.2) is 0 Å². The van der Waals surface area contributed by atoms with E-state index in [0.717, 1.165) is 23.5 Å². The Bertz CT molecular complexity index is 660. The smallest absolute Gasteiger partial charge is 0.288 e. The average Bonchev–Trinajstić information content (AvgIpc) is 2.68. The monoisotopic (exact) mass is 490 g/mol. The Hall–Kier alpha value is -0.180. The summed E-state index contributed by atoms with van der Waals surface area (Å²) in [4.78, 5) is 12.6. The van der Waals surface area contributed by atoms with Crippen LogP contribution in [0.5, 0.6) is 0 Å². The lowest BCUT2D eigenvalue weighted by molar-refractivity contribution is -0.137. The van der Waals surface area contributed by atoms with Gasteiger partial charge >= 0.3 is 6.18 Å². The molecule has 0 saturated carbocycles. The molecule has 0 spiro atoms. The number of hydrogen-bond acceptors (Lipinski definition) is 2. The molecule has 0 radical (unpaired) electrons. The fraction of sp³-hybridized carbons (Fsp3) is 0.0833. The number of benzene rings is 1. The number of carbonyl (C=O) groups is 1. The maximum atomic E-state index is 12.7. The summed E-state index contributed by atoms with van der Waals surface area (Å²) in [6.07, 6.45) is -4.48. The quantitative estimate of drug-likeness (QED) is 0.451. The molecule has 2 aromatic rings.